The third-order valence-corrected chi connectivity index (χ3v) is 3.51. The van der Waals surface area contributed by atoms with Crippen LogP contribution in [0.1, 0.15) is 35.2 Å². The summed E-state index contributed by atoms with van der Waals surface area (Å²) in [5.41, 5.74) is 1.09. The molecule has 0 unspecified atom stereocenters. The van der Waals surface area contributed by atoms with Gasteiger partial charge < -0.3 is 15.3 Å². The number of hydrogen-bond acceptors (Lipinski definition) is 3. The second kappa shape index (κ2) is 6.41. The zero-order chi connectivity index (χ0) is 14.5. The van der Waals surface area contributed by atoms with Crippen LogP contribution in [0.25, 0.3) is 0 Å². The molecular formula is C15H20N2O3. The molecule has 1 heterocycles. The number of carbonyl (C=O) groups is 2. The predicted molar refractivity (Wildman–Crippen MR) is 75.6 cm³/mol. The fourth-order valence-corrected chi connectivity index (χ4v) is 2.34. The smallest absolute Gasteiger partial charge is 0.255 e. The van der Waals surface area contributed by atoms with Crippen molar-refractivity contribution in [1.82, 2.24) is 10.2 Å². The Morgan fingerprint density at radius 1 is 1.25 bits per heavy atom. The number of aryl methyl sites for hydroxylation is 1. The summed E-state index contributed by atoms with van der Waals surface area (Å²) < 4.78 is 0. The minimum absolute atomic E-state index is 0.0216. The van der Waals surface area contributed by atoms with E-state index in [4.69, 9.17) is 0 Å². The maximum atomic E-state index is 12.0. The molecule has 2 rings (SSSR count). The van der Waals surface area contributed by atoms with Crippen LogP contribution in [0.15, 0.2) is 18.2 Å². The summed E-state index contributed by atoms with van der Waals surface area (Å²) in [5.74, 6) is -0.555. The van der Waals surface area contributed by atoms with Gasteiger partial charge in [-0.3, -0.25) is 9.59 Å². The molecule has 2 N–H and O–H groups in total. The van der Waals surface area contributed by atoms with E-state index in [1.807, 2.05) is 6.92 Å². The lowest BCUT2D eigenvalue weighted by Crippen LogP contribution is -2.42. The van der Waals surface area contributed by atoms with Gasteiger partial charge in [-0.25, -0.2) is 0 Å². The highest BCUT2D eigenvalue weighted by molar-refractivity contribution is 5.98. The number of piperidine rings is 1. The summed E-state index contributed by atoms with van der Waals surface area (Å²) in [6, 6.07) is 4.82. The fraction of sp³-hybridized carbons (Fsp3) is 0.467. The monoisotopic (exact) mass is 276 g/mol. The van der Waals surface area contributed by atoms with Crippen molar-refractivity contribution in [2.45, 2.75) is 26.2 Å². The summed E-state index contributed by atoms with van der Waals surface area (Å²) in [6.45, 7) is 3.36. The molecular weight excluding hydrogens is 256 g/mol. The SMILES string of the molecule is Cc1ccc(O)c(C(=O)NCC(=O)N2CCCCC2)c1. The molecule has 2 amide bonds. The van der Waals surface area contributed by atoms with E-state index >= 15 is 0 Å². The zero-order valence-corrected chi connectivity index (χ0v) is 11.7. The summed E-state index contributed by atoms with van der Waals surface area (Å²) in [4.78, 5) is 25.7. The van der Waals surface area contributed by atoms with Crippen LogP contribution in [0, 0.1) is 6.92 Å². The Labute approximate surface area is 118 Å². The van der Waals surface area contributed by atoms with E-state index in [-0.39, 0.29) is 23.8 Å². The van der Waals surface area contributed by atoms with E-state index in [0.717, 1.165) is 37.9 Å². The Balaban J connectivity index is 1.91. The molecule has 108 valence electrons. The number of phenolic OH excluding ortho intramolecular Hbond substituents is 1. The van der Waals surface area contributed by atoms with Gasteiger partial charge >= 0.3 is 0 Å². The number of benzene rings is 1. The summed E-state index contributed by atoms with van der Waals surface area (Å²) in [6.07, 6.45) is 3.21. The number of hydrogen-bond donors (Lipinski definition) is 2. The molecule has 1 aromatic carbocycles. The molecule has 1 aliphatic rings. The number of likely N-dealkylation sites (tertiary alicyclic amines) is 1. The predicted octanol–water partition coefficient (Wildman–Crippen LogP) is 1.44. The minimum atomic E-state index is -0.420. The quantitative estimate of drug-likeness (QED) is 0.877. The lowest BCUT2D eigenvalue weighted by Gasteiger charge is -2.26. The number of rotatable bonds is 3. The standard InChI is InChI=1S/C15H20N2O3/c1-11-5-6-13(18)12(9-11)15(20)16-10-14(19)17-7-3-2-4-8-17/h5-6,9,18H,2-4,7-8,10H2,1H3,(H,16,20). The van der Waals surface area contributed by atoms with Gasteiger partial charge in [0.25, 0.3) is 5.91 Å². The van der Waals surface area contributed by atoms with Gasteiger partial charge in [0, 0.05) is 13.1 Å². The van der Waals surface area contributed by atoms with Gasteiger partial charge in [0.1, 0.15) is 5.75 Å². The molecule has 0 aliphatic carbocycles. The average molecular weight is 276 g/mol. The first-order chi connectivity index (χ1) is 9.58. The van der Waals surface area contributed by atoms with E-state index in [0.29, 0.717) is 0 Å². The fourth-order valence-electron chi connectivity index (χ4n) is 2.34. The topological polar surface area (TPSA) is 69.6 Å². The first kappa shape index (κ1) is 14.4. The number of nitrogens with zero attached hydrogens (tertiary/aromatic N) is 1. The molecule has 0 radical (unpaired) electrons. The van der Waals surface area contributed by atoms with Crippen LogP contribution in [0.2, 0.25) is 0 Å². The minimum Gasteiger partial charge on any atom is -0.507 e. The average Bonchev–Trinajstić information content (AvgIpc) is 2.47. The van der Waals surface area contributed by atoms with Gasteiger partial charge in [-0.05, 0) is 38.3 Å². The maximum absolute atomic E-state index is 12.0. The number of nitrogens with one attached hydrogen (secondary N) is 1. The van der Waals surface area contributed by atoms with Crippen molar-refractivity contribution in [1.29, 1.82) is 0 Å². The Morgan fingerprint density at radius 2 is 1.95 bits per heavy atom. The van der Waals surface area contributed by atoms with E-state index in [2.05, 4.69) is 5.32 Å². The molecule has 5 heteroatoms. The molecule has 1 aliphatic heterocycles. The molecule has 0 bridgehead atoms. The maximum Gasteiger partial charge on any atom is 0.255 e. The van der Waals surface area contributed by atoms with Gasteiger partial charge in [-0.15, -0.1) is 0 Å². The van der Waals surface area contributed by atoms with Crippen LogP contribution in [-0.2, 0) is 4.79 Å². The largest absolute Gasteiger partial charge is 0.507 e. The molecule has 0 spiro atoms. The van der Waals surface area contributed by atoms with Gasteiger partial charge in [0.2, 0.25) is 5.91 Å². The summed E-state index contributed by atoms with van der Waals surface area (Å²) >= 11 is 0. The van der Waals surface area contributed by atoms with Crippen molar-refractivity contribution in [2.75, 3.05) is 19.6 Å². The molecule has 0 atom stereocenters. The highest BCUT2D eigenvalue weighted by Gasteiger charge is 2.18. The van der Waals surface area contributed by atoms with Crippen LogP contribution >= 0.6 is 0 Å². The molecule has 0 aromatic heterocycles. The Kier molecular flexibility index (Phi) is 4.61. The third-order valence-electron chi connectivity index (χ3n) is 3.51. The number of phenols is 1. The normalized spacial score (nSPS) is 14.9. The van der Waals surface area contributed by atoms with Crippen LogP contribution in [0.5, 0.6) is 5.75 Å². The lowest BCUT2D eigenvalue weighted by molar-refractivity contribution is -0.130. The number of amides is 2. The van der Waals surface area contributed by atoms with E-state index in [1.54, 1.807) is 17.0 Å². The van der Waals surface area contributed by atoms with Crippen molar-refractivity contribution in [3.05, 3.63) is 29.3 Å². The van der Waals surface area contributed by atoms with E-state index < -0.39 is 5.91 Å². The number of aromatic hydroxyl groups is 1. The van der Waals surface area contributed by atoms with Gasteiger partial charge in [-0.2, -0.15) is 0 Å². The first-order valence-corrected chi connectivity index (χ1v) is 6.93. The highest BCUT2D eigenvalue weighted by Crippen LogP contribution is 2.17. The van der Waals surface area contributed by atoms with Crippen molar-refractivity contribution >= 4 is 11.8 Å². The van der Waals surface area contributed by atoms with Gasteiger partial charge in [0.15, 0.2) is 0 Å². The Morgan fingerprint density at radius 3 is 2.65 bits per heavy atom. The second-order valence-corrected chi connectivity index (χ2v) is 5.14. The first-order valence-electron chi connectivity index (χ1n) is 6.93. The lowest BCUT2D eigenvalue weighted by atomic mass is 10.1. The second-order valence-electron chi connectivity index (χ2n) is 5.14. The molecule has 1 fully saturated rings. The highest BCUT2D eigenvalue weighted by atomic mass is 16.3. The third kappa shape index (κ3) is 3.50. The van der Waals surface area contributed by atoms with Gasteiger partial charge in [0.05, 0.1) is 12.1 Å². The number of carbonyl (C=O) groups excluding carboxylic acids is 2. The molecule has 5 nitrogen and oxygen atoms in total. The molecule has 0 saturated carbocycles. The molecule has 1 aromatic rings. The van der Waals surface area contributed by atoms with E-state index in [9.17, 15) is 14.7 Å². The Hall–Kier alpha value is -2.04. The van der Waals surface area contributed by atoms with Crippen LogP contribution in [0.3, 0.4) is 0 Å². The van der Waals surface area contributed by atoms with Gasteiger partial charge in [-0.1, -0.05) is 11.6 Å². The Bertz CT molecular complexity index is 508. The summed E-state index contributed by atoms with van der Waals surface area (Å²) in [5, 5.41) is 12.2. The van der Waals surface area contributed by atoms with Crippen LogP contribution in [-0.4, -0.2) is 41.5 Å². The molecule has 1 saturated heterocycles. The summed E-state index contributed by atoms with van der Waals surface area (Å²) in [7, 11) is 0. The zero-order valence-electron chi connectivity index (χ0n) is 11.7. The van der Waals surface area contributed by atoms with Crippen LogP contribution < -0.4 is 5.32 Å². The van der Waals surface area contributed by atoms with Crippen molar-refractivity contribution < 1.29 is 14.7 Å². The molecule has 20 heavy (non-hydrogen) atoms. The van der Waals surface area contributed by atoms with E-state index in [1.165, 1.54) is 6.07 Å². The van der Waals surface area contributed by atoms with Crippen LogP contribution in [0.4, 0.5) is 0 Å². The van der Waals surface area contributed by atoms with Crippen molar-refractivity contribution in [3.63, 3.8) is 0 Å². The van der Waals surface area contributed by atoms with Crippen molar-refractivity contribution in [2.24, 2.45) is 0 Å². The van der Waals surface area contributed by atoms with Crippen molar-refractivity contribution in [3.8, 4) is 5.75 Å².